The minimum absolute atomic E-state index is 0.0511. The van der Waals surface area contributed by atoms with Gasteiger partial charge >= 0.3 is 0 Å². The fourth-order valence-corrected chi connectivity index (χ4v) is 2.76. The number of nitrogens with zero attached hydrogens (tertiary/aromatic N) is 1. The lowest BCUT2D eigenvalue weighted by Gasteiger charge is -2.15. The Kier molecular flexibility index (Phi) is 9.45. The molecule has 2 aromatic rings. The quantitative estimate of drug-likeness (QED) is 0.319. The van der Waals surface area contributed by atoms with E-state index in [9.17, 15) is 4.79 Å². The van der Waals surface area contributed by atoms with Crippen LogP contribution in [0.1, 0.15) is 41.8 Å². The molecule has 2 aromatic carbocycles. The molecule has 0 saturated carbocycles. The molecule has 0 bridgehead atoms. The largest absolute Gasteiger partial charge is 0.489 e. The normalized spacial score (nSPS) is 12.0. The van der Waals surface area contributed by atoms with Crippen LogP contribution in [0.4, 0.5) is 0 Å². The van der Waals surface area contributed by atoms with Crippen molar-refractivity contribution in [1.29, 1.82) is 0 Å². The van der Waals surface area contributed by atoms with E-state index < -0.39 is 0 Å². The first-order chi connectivity index (χ1) is 14.6. The summed E-state index contributed by atoms with van der Waals surface area (Å²) < 4.78 is 5.70. The van der Waals surface area contributed by atoms with Crippen molar-refractivity contribution in [3.63, 3.8) is 0 Å². The van der Waals surface area contributed by atoms with Gasteiger partial charge in [0.25, 0.3) is 5.91 Å². The van der Waals surface area contributed by atoms with Crippen molar-refractivity contribution >= 4 is 11.9 Å². The first-order valence-corrected chi connectivity index (χ1v) is 10.2. The zero-order valence-corrected chi connectivity index (χ0v) is 18.1. The molecule has 0 aliphatic rings. The second-order valence-corrected chi connectivity index (χ2v) is 6.97. The minimum Gasteiger partial charge on any atom is -0.489 e. The van der Waals surface area contributed by atoms with E-state index in [-0.39, 0.29) is 11.9 Å². The standard InChI is InChI=1S/C24H32N4O2/c1-5-14-30-22-13-8-7-11-21(22)17-27-24(25-4)26-16-19-10-9-12-20(15-19)23(29)28-18(3)6-2/h5,7-13,15,18H,1,6,14,16-17H2,2-4H3,(H,28,29)(H2,25,26,27). The van der Waals surface area contributed by atoms with Crippen molar-refractivity contribution in [3.8, 4) is 5.75 Å². The summed E-state index contributed by atoms with van der Waals surface area (Å²) in [5.41, 5.74) is 2.70. The van der Waals surface area contributed by atoms with Crippen molar-refractivity contribution in [3.05, 3.63) is 77.9 Å². The van der Waals surface area contributed by atoms with Crippen LogP contribution in [-0.2, 0) is 13.1 Å². The number of hydrogen-bond donors (Lipinski definition) is 3. The van der Waals surface area contributed by atoms with Gasteiger partial charge < -0.3 is 20.7 Å². The number of amides is 1. The Morgan fingerprint density at radius 1 is 1.17 bits per heavy atom. The smallest absolute Gasteiger partial charge is 0.251 e. The van der Waals surface area contributed by atoms with E-state index in [0.717, 1.165) is 23.3 Å². The van der Waals surface area contributed by atoms with E-state index in [1.54, 1.807) is 13.1 Å². The average Bonchev–Trinajstić information content (AvgIpc) is 2.78. The monoisotopic (exact) mass is 408 g/mol. The van der Waals surface area contributed by atoms with Gasteiger partial charge in [-0.15, -0.1) is 0 Å². The second kappa shape index (κ2) is 12.3. The molecule has 1 amide bonds. The summed E-state index contributed by atoms with van der Waals surface area (Å²) >= 11 is 0. The second-order valence-electron chi connectivity index (χ2n) is 6.97. The van der Waals surface area contributed by atoms with Gasteiger partial charge in [0.1, 0.15) is 12.4 Å². The number of carbonyl (C=O) groups excluding carboxylic acids is 1. The van der Waals surface area contributed by atoms with Gasteiger partial charge in [-0.3, -0.25) is 9.79 Å². The molecule has 160 valence electrons. The molecule has 3 N–H and O–H groups in total. The Morgan fingerprint density at radius 3 is 2.67 bits per heavy atom. The van der Waals surface area contributed by atoms with Gasteiger partial charge in [0.15, 0.2) is 5.96 Å². The maximum Gasteiger partial charge on any atom is 0.251 e. The highest BCUT2D eigenvalue weighted by Crippen LogP contribution is 2.17. The van der Waals surface area contributed by atoms with E-state index >= 15 is 0 Å². The molecule has 1 unspecified atom stereocenters. The number of hydrogen-bond acceptors (Lipinski definition) is 3. The lowest BCUT2D eigenvalue weighted by atomic mass is 10.1. The van der Waals surface area contributed by atoms with Gasteiger partial charge in [-0.2, -0.15) is 0 Å². The Morgan fingerprint density at radius 2 is 1.93 bits per heavy atom. The third kappa shape index (κ3) is 7.28. The zero-order chi connectivity index (χ0) is 21.8. The molecule has 2 rings (SSSR count). The van der Waals surface area contributed by atoms with Crippen LogP contribution in [0.15, 0.2) is 66.2 Å². The fraction of sp³-hybridized carbons (Fsp3) is 0.333. The number of carbonyl (C=O) groups is 1. The molecule has 0 aromatic heterocycles. The van der Waals surface area contributed by atoms with E-state index in [4.69, 9.17) is 4.74 Å². The Bertz CT molecular complexity index is 864. The molecular weight excluding hydrogens is 376 g/mol. The van der Waals surface area contributed by atoms with Crippen LogP contribution in [0.3, 0.4) is 0 Å². The van der Waals surface area contributed by atoms with Crippen molar-refractivity contribution in [2.24, 2.45) is 4.99 Å². The van der Waals surface area contributed by atoms with Gasteiger partial charge in [0.2, 0.25) is 0 Å². The van der Waals surface area contributed by atoms with Crippen LogP contribution >= 0.6 is 0 Å². The highest BCUT2D eigenvalue weighted by atomic mass is 16.5. The molecule has 0 aliphatic heterocycles. The highest BCUT2D eigenvalue weighted by Gasteiger charge is 2.09. The van der Waals surface area contributed by atoms with Crippen LogP contribution < -0.4 is 20.7 Å². The van der Waals surface area contributed by atoms with Crippen molar-refractivity contribution < 1.29 is 9.53 Å². The molecule has 0 spiro atoms. The van der Waals surface area contributed by atoms with E-state index in [1.165, 1.54) is 0 Å². The topological polar surface area (TPSA) is 74.8 Å². The maximum atomic E-state index is 12.3. The first-order valence-electron chi connectivity index (χ1n) is 10.2. The summed E-state index contributed by atoms with van der Waals surface area (Å²) in [7, 11) is 1.73. The predicted molar refractivity (Wildman–Crippen MR) is 123 cm³/mol. The van der Waals surface area contributed by atoms with Crippen LogP contribution in [0, 0.1) is 0 Å². The number of rotatable bonds is 10. The molecule has 1 atom stereocenters. The van der Waals surface area contributed by atoms with Crippen molar-refractivity contribution in [1.82, 2.24) is 16.0 Å². The summed E-state index contributed by atoms with van der Waals surface area (Å²) in [4.78, 5) is 16.6. The number of nitrogens with one attached hydrogen (secondary N) is 3. The van der Waals surface area contributed by atoms with Crippen LogP contribution in [-0.4, -0.2) is 31.6 Å². The first kappa shape index (κ1) is 23.0. The molecule has 30 heavy (non-hydrogen) atoms. The van der Waals surface area contributed by atoms with E-state index in [2.05, 4.69) is 27.5 Å². The zero-order valence-electron chi connectivity index (χ0n) is 18.1. The summed E-state index contributed by atoms with van der Waals surface area (Å²) in [5.74, 6) is 1.44. The van der Waals surface area contributed by atoms with Crippen LogP contribution in [0.2, 0.25) is 0 Å². The molecule has 0 heterocycles. The third-order valence-electron chi connectivity index (χ3n) is 4.64. The summed E-state index contributed by atoms with van der Waals surface area (Å²) in [6, 6.07) is 15.6. The Labute approximate surface area is 179 Å². The minimum atomic E-state index is -0.0511. The van der Waals surface area contributed by atoms with Gasteiger partial charge in [-0.25, -0.2) is 0 Å². The highest BCUT2D eigenvalue weighted by molar-refractivity contribution is 5.94. The molecule has 6 heteroatoms. The molecule has 6 nitrogen and oxygen atoms in total. The van der Waals surface area contributed by atoms with Crippen LogP contribution in [0.5, 0.6) is 5.75 Å². The van der Waals surface area contributed by atoms with E-state index in [0.29, 0.717) is 31.2 Å². The van der Waals surface area contributed by atoms with Crippen molar-refractivity contribution in [2.45, 2.75) is 39.4 Å². The number of benzene rings is 2. The number of para-hydroxylation sites is 1. The predicted octanol–water partition coefficient (Wildman–Crippen LogP) is 3.64. The third-order valence-corrected chi connectivity index (χ3v) is 4.64. The summed E-state index contributed by atoms with van der Waals surface area (Å²) in [6.45, 7) is 9.33. The van der Waals surface area contributed by atoms with Crippen LogP contribution in [0.25, 0.3) is 0 Å². The Balaban J connectivity index is 1.93. The summed E-state index contributed by atoms with van der Waals surface area (Å²) in [5, 5.41) is 9.58. The number of ether oxygens (including phenoxy) is 1. The SMILES string of the molecule is C=CCOc1ccccc1CNC(=NC)NCc1cccc(C(=O)NC(C)CC)c1. The molecule has 0 aliphatic carbocycles. The fourth-order valence-electron chi connectivity index (χ4n) is 2.76. The Hall–Kier alpha value is -3.28. The van der Waals surface area contributed by atoms with Gasteiger partial charge in [-0.05, 0) is 37.1 Å². The number of guanidine groups is 1. The molecule has 0 fully saturated rings. The van der Waals surface area contributed by atoms with Gasteiger partial charge in [0, 0.05) is 37.3 Å². The van der Waals surface area contributed by atoms with Crippen molar-refractivity contribution in [2.75, 3.05) is 13.7 Å². The van der Waals surface area contributed by atoms with Gasteiger partial charge in [0.05, 0.1) is 0 Å². The van der Waals surface area contributed by atoms with Gasteiger partial charge in [-0.1, -0.05) is 49.9 Å². The van der Waals surface area contributed by atoms with E-state index in [1.807, 2.05) is 62.4 Å². The molecular formula is C24H32N4O2. The maximum absolute atomic E-state index is 12.3. The average molecular weight is 409 g/mol. The molecule has 0 saturated heterocycles. The summed E-state index contributed by atoms with van der Waals surface area (Å²) in [6.07, 6.45) is 2.62. The number of aliphatic imine (C=N–C) groups is 1. The lowest BCUT2D eigenvalue weighted by molar-refractivity contribution is 0.0939. The lowest BCUT2D eigenvalue weighted by Crippen LogP contribution is -2.36. The molecule has 0 radical (unpaired) electrons.